The standard InChI is InChI=1S/C32H52O4/c1-19(2)15-28(33)35-23-10-12-30(5)22(16-23)7-8-24-25(30)11-13-31(6)26(24)17-27-29(31)21(4)32(36-27)14-9-20(3)18-34-32/h19-27,29H,7-18H2,1-6H3/t20-,21+,22?,23?,24-,25?,26?,27+,29+,30+,31+,32-/m1/s1. The number of esters is 1. The topological polar surface area (TPSA) is 44.8 Å². The molecule has 204 valence electrons. The smallest absolute Gasteiger partial charge is 0.306 e. The summed E-state index contributed by atoms with van der Waals surface area (Å²) in [5, 5.41) is 0. The first-order valence-electron chi connectivity index (χ1n) is 15.6. The Kier molecular flexibility index (Phi) is 6.39. The van der Waals surface area contributed by atoms with Gasteiger partial charge in [0.15, 0.2) is 5.79 Å². The Labute approximate surface area is 220 Å². The van der Waals surface area contributed by atoms with Crippen molar-refractivity contribution < 1.29 is 19.0 Å². The van der Waals surface area contributed by atoms with Crippen molar-refractivity contribution in [1.82, 2.24) is 0 Å². The SMILES string of the molecule is CC(C)CC(=O)OC1CC[C@@]2(C)C(CC[C@@H]3C2CC[C@@]2(C)C3C[C@@H]3O[C@]4(CC[C@@H](C)CO4)[C@@H](C)[C@@H]32)C1. The lowest BCUT2D eigenvalue weighted by molar-refractivity contribution is -0.273. The van der Waals surface area contributed by atoms with Crippen LogP contribution in [0, 0.1) is 58.2 Å². The van der Waals surface area contributed by atoms with E-state index in [-0.39, 0.29) is 17.9 Å². The Bertz CT molecular complexity index is 845. The summed E-state index contributed by atoms with van der Waals surface area (Å²) < 4.78 is 19.4. The van der Waals surface area contributed by atoms with Crippen LogP contribution in [0.1, 0.15) is 112 Å². The summed E-state index contributed by atoms with van der Waals surface area (Å²) in [5.74, 6) is 5.09. The molecule has 6 aliphatic rings. The Morgan fingerprint density at radius 1 is 0.944 bits per heavy atom. The molecule has 2 aliphatic heterocycles. The van der Waals surface area contributed by atoms with Crippen molar-refractivity contribution in [2.75, 3.05) is 6.61 Å². The van der Waals surface area contributed by atoms with E-state index >= 15 is 0 Å². The van der Waals surface area contributed by atoms with Crippen LogP contribution in [0.15, 0.2) is 0 Å². The predicted molar refractivity (Wildman–Crippen MR) is 141 cm³/mol. The lowest BCUT2D eigenvalue weighted by atomic mass is 9.44. The fourth-order valence-corrected chi connectivity index (χ4v) is 10.9. The summed E-state index contributed by atoms with van der Waals surface area (Å²) in [6, 6.07) is 0. The van der Waals surface area contributed by atoms with Crippen LogP contribution in [0.2, 0.25) is 0 Å². The first-order chi connectivity index (χ1) is 17.1. The molecule has 6 rings (SSSR count). The number of carbonyl (C=O) groups excluding carboxylic acids is 1. The number of carbonyl (C=O) groups is 1. The number of hydrogen-bond donors (Lipinski definition) is 0. The maximum absolute atomic E-state index is 12.4. The molecule has 0 radical (unpaired) electrons. The van der Waals surface area contributed by atoms with Gasteiger partial charge in [-0.3, -0.25) is 4.79 Å². The summed E-state index contributed by atoms with van der Waals surface area (Å²) in [6.07, 6.45) is 13.5. The van der Waals surface area contributed by atoms with Crippen molar-refractivity contribution in [3.8, 4) is 0 Å². The maximum Gasteiger partial charge on any atom is 0.306 e. The third kappa shape index (κ3) is 3.85. The molecule has 2 heterocycles. The van der Waals surface area contributed by atoms with Crippen molar-refractivity contribution in [2.24, 2.45) is 58.2 Å². The van der Waals surface area contributed by atoms with Crippen molar-refractivity contribution in [3.63, 3.8) is 0 Å². The van der Waals surface area contributed by atoms with Crippen LogP contribution in [0.3, 0.4) is 0 Å². The summed E-state index contributed by atoms with van der Waals surface area (Å²) in [7, 11) is 0. The van der Waals surface area contributed by atoms with Gasteiger partial charge in [0.2, 0.25) is 0 Å². The van der Waals surface area contributed by atoms with E-state index in [0.717, 1.165) is 43.6 Å². The minimum Gasteiger partial charge on any atom is -0.462 e. The average Bonchev–Trinajstić information content (AvgIpc) is 3.26. The highest BCUT2D eigenvalue weighted by Gasteiger charge is 2.69. The molecule has 12 atom stereocenters. The van der Waals surface area contributed by atoms with E-state index in [0.29, 0.717) is 52.9 Å². The van der Waals surface area contributed by atoms with Gasteiger partial charge in [-0.1, -0.05) is 41.5 Å². The van der Waals surface area contributed by atoms with Gasteiger partial charge in [0.05, 0.1) is 12.7 Å². The fraction of sp³-hybridized carbons (Fsp3) is 0.969. The molecule has 6 fully saturated rings. The minimum atomic E-state index is -0.304. The average molecular weight is 501 g/mol. The van der Waals surface area contributed by atoms with Crippen molar-refractivity contribution in [3.05, 3.63) is 0 Å². The van der Waals surface area contributed by atoms with E-state index in [1.54, 1.807) is 0 Å². The molecule has 0 aromatic rings. The Balaban J connectivity index is 1.15. The molecule has 4 heteroatoms. The lowest BCUT2D eigenvalue weighted by Gasteiger charge is -2.61. The van der Waals surface area contributed by atoms with Gasteiger partial charge in [0.25, 0.3) is 0 Å². The molecule has 4 unspecified atom stereocenters. The zero-order valence-electron chi connectivity index (χ0n) is 23.9. The van der Waals surface area contributed by atoms with Crippen LogP contribution in [0.4, 0.5) is 0 Å². The molecule has 0 aromatic carbocycles. The third-order valence-electron chi connectivity index (χ3n) is 12.8. The fourth-order valence-electron chi connectivity index (χ4n) is 10.9. The summed E-state index contributed by atoms with van der Waals surface area (Å²) in [4.78, 5) is 12.4. The molecule has 36 heavy (non-hydrogen) atoms. The molecule has 0 aromatic heterocycles. The molecule has 4 nitrogen and oxygen atoms in total. The van der Waals surface area contributed by atoms with Crippen LogP contribution < -0.4 is 0 Å². The minimum absolute atomic E-state index is 0.0153. The second-order valence-corrected chi connectivity index (χ2v) is 15.2. The van der Waals surface area contributed by atoms with Gasteiger partial charge in [0.1, 0.15) is 6.10 Å². The largest absolute Gasteiger partial charge is 0.462 e. The first-order valence-corrected chi connectivity index (χ1v) is 15.6. The van der Waals surface area contributed by atoms with Crippen molar-refractivity contribution in [1.29, 1.82) is 0 Å². The highest BCUT2D eigenvalue weighted by atomic mass is 16.7. The molecule has 4 aliphatic carbocycles. The second-order valence-electron chi connectivity index (χ2n) is 15.2. The third-order valence-corrected chi connectivity index (χ3v) is 12.8. The Morgan fingerprint density at radius 3 is 2.44 bits per heavy atom. The number of rotatable bonds is 3. The normalized spacial score (nSPS) is 54.0. The van der Waals surface area contributed by atoms with Crippen LogP contribution in [-0.4, -0.2) is 30.6 Å². The van der Waals surface area contributed by atoms with Crippen LogP contribution in [0.5, 0.6) is 0 Å². The molecule has 2 saturated heterocycles. The summed E-state index contributed by atoms with van der Waals surface area (Å²) in [5.41, 5.74) is 0.813. The lowest BCUT2D eigenvalue weighted by Crippen LogP contribution is -2.55. The van der Waals surface area contributed by atoms with E-state index < -0.39 is 0 Å². The van der Waals surface area contributed by atoms with Gasteiger partial charge >= 0.3 is 5.97 Å². The molecule has 1 spiro atoms. The zero-order valence-corrected chi connectivity index (χ0v) is 23.9. The second kappa shape index (κ2) is 8.97. The number of fused-ring (bicyclic) bond motifs is 7. The molecular weight excluding hydrogens is 448 g/mol. The maximum atomic E-state index is 12.4. The van der Waals surface area contributed by atoms with E-state index in [9.17, 15) is 4.79 Å². The highest BCUT2D eigenvalue weighted by molar-refractivity contribution is 5.69. The van der Waals surface area contributed by atoms with Gasteiger partial charge in [0, 0.05) is 18.8 Å². The van der Waals surface area contributed by atoms with Crippen LogP contribution in [-0.2, 0) is 19.0 Å². The van der Waals surface area contributed by atoms with Gasteiger partial charge in [-0.05, 0) is 110 Å². The Hall–Kier alpha value is -0.610. The number of hydrogen-bond acceptors (Lipinski definition) is 4. The Morgan fingerprint density at radius 2 is 1.72 bits per heavy atom. The van der Waals surface area contributed by atoms with Gasteiger partial charge in [-0.2, -0.15) is 0 Å². The van der Waals surface area contributed by atoms with Gasteiger partial charge in [-0.15, -0.1) is 0 Å². The number of ether oxygens (including phenoxy) is 3. The van der Waals surface area contributed by atoms with E-state index in [2.05, 4.69) is 41.5 Å². The summed E-state index contributed by atoms with van der Waals surface area (Å²) in [6.45, 7) is 15.1. The molecule has 0 N–H and O–H groups in total. The van der Waals surface area contributed by atoms with E-state index in [1.165, 1.54) is 44.9 Å². The molecule has 4 saturated carbocycles. The highest BCUT2D eigenvalue weighted by Crippen LogP contribution is 2.71. The molecule has 0 bridgehead atoms. The molecule has 0 amide bonds. The van der Waals surface area contributed by atoms with Crippen molar-refractivity contribution in [2.45, 2.75) is 130 Å². The van der Waals surface area contributed by atoms with Crippen molar-refractivity contribution >= 4 is 5.97 Å². The van der Waals surface area contributed by atoms with E-state index in [4.69, 9.17) is 14.2 Å². The van der Waals surface area contributed by atoms with Gasteiger partial charge < -0.3 is 14.2 Å². The van der Waals surface area contributed by atoms with Crippen LogP contribution >= 0.6 is 0 Å². The van der Waals surface area contributed by atoms with E-state index in [1.807, 2.05) is 0 Å². The zero-order chi connectivity index (χ0) is 25.5. The molecular formula is C32H52O4. The van der Waals surface area contributed by atoms with Gasteiger partial charge in [-0.25, -0.2) is 0 Å². The predicted octanol–water partition coefficient (Wildman–Crippen LogP) is 7.39. The summed E-state index contributed by atoms with van der Waals surface area (Å²) >= 11 is 0. The monoisotopic (exact) mass is 500 g/mol. The quantitative estimate of drug-likeness (QED) is 0.379. The van der Waals surface area contributed by atoms with Crippen LogP contribution in [0.25, 0.3) is 0 Å². The first kappa shape index (κ1) is 25.7.